The molecule has 1 heterocycles. The van der Waals surface area contributed by atoms with Gasteiger partial charge in [0, 0.05) is 34.3 Å². The van der Waals surface area contributed by atoms with Gasteiger partial charge in [0.05, 0.1) is 36.0 Å². The van der Waals surface area contributed by atoms with E-state index in [4.69, 9.17) is 15.9 Å². The molecule has 5 aromatic rings. The second-order valence-corrected chi connectivity index (χ2v) is 13.9. The first kappa shape index (κ1) is 35.0. The van der Waals surface area contributed by atoms with Crippen molar-refractivity contribution in [2.45, 2.75) is 26.2 Å². The lowest BCUT2D eigenvalue weighted by molar-refractivity contribution is 0.0696. The fourth-order valence-electron chi connectivity index (χ4n) is 5.00. The van der Waals surface area contributed by atoms with Crippen molar-refractivity contribution in [3.8, 4) is 29.7 Å². The van der Waals surface area contributed by atoms with E-state index >= 15 is 0 Å². The molecule has 0 aliphatic heterocycles. The zero-order chi connectivity index (χ0) is 36.2. The number of ether oxygens (including phenoxy) is 2. The maximum absolute atomic E-state index is 13.4. The van der Waals surface area contributed by atoms with Gasteiger partial charge in [0.2, 0.25) is 21.9 Å². The van der Waals surface area contributed by atoms with Crippen LogP contribution in [0.25, 0.3) is 10.8 Å². The first-order chi connectivity index (χ1) is 23.6. The van der Waals surface area contributed by atoms with Crippen LogP contribution in [0.4, 0.5) is 33.5 Å². The van der Waals surface area contributed by atoms with Gasteiger partial charge in [-0.1, -0.05) is 51.0 Å². The maximum atomic E-state index is 13.4. The van der Waals surface area contributed by atoms with E-state index in [1.807, 2.05) is 45.0 Å². The Morgan fingerprint density at radius 2 is 1.62 bits per heavy atom. The Balaban J connectivity index is 1.40. The number of carbonyl (C=O) groups excluding carboxylic acids is 1. The highest BCUT2D eigenvalue weighted by Gasteiger charge is 2.22. The summed E-state index contributed by atoms with van der Waals surface area (Å²) in [6, 6.07) is 19.4. The Morgan fingerprint density at radius 1 is 0.920 bits per heavy atom. The highest BCUT2D eigenvalue weighted by Crippen LogP contribution is 2.40. The predicted octanol–water partition coefficient (Wildman–Crippen LogP) is 7.17. The van der Waals surface area contributed by atoms with Crippen LogP contribution in [-0.2, 0) is 15.4 Å². The lowest BCUT2D eigenvalue weighted by Crippen LogP contribution is -2.22. The summed E-state index contributed by atoms with van der Waals surface area (Å²) < 4.78 is 38.3. The molecular formula is C36H34N6O7S. The lowest BCUT2D eigenvalue weighted by atomic mass is 9.86. The number of urea groups is 1. The number of terminal acetylenes is 1. The molecular weight excluding hydrogens is 660 g/mol. The van der Waals surface area contributed by atoms with Gasteiger partial charge in [-0.3, -0.25) is 4.72 Å². The van der Waals surface area contributed by atoms with Crippen molar-refractivity contribution >= 4 is 61.5 Å². The zero-order valence-corrected chi connectivity index (χ0v) is 28.6. The van der Waals surface area contributed by atoms with E-state index in [9.17, 15) is 23.1 Å². The third kappa shape index (κ3) is 8.38. The number of hydrogen-bond acceptors (Lipinski definition) is 9. The molecule has 0 saturated carbocycles. The Morgan fingerprint density at radius 3 is 2.28 bits per heavy atom. The van der Waals surface area contributed by atoms with Crippen molar-refractivity contribution in [1.82, 2.24) is 9.97 Å². The largest absolute Gasteiger partial charge is 0.492 e. The van der Waals surface area contributed by atoms with Crippen LogP contribution in [-0.4, -0.2) is 48.9 Å². The Labute approximate surface area is 289 Å². The fraction of sp³-hybridized carbons (Fsp3) is 0.167. The van der Waals surface area contributed by atoms with E-state index in [0.29, 0.717) is 33.5 Å². The molecule has 14 heteroatoms. The Hall–Kier alpha value is -6.33. The number of anilines is 5. The van der Waals surface area contributed by atoms with Gasteiger partial charge in [0.1, 0.15) is 5.75 Å². The summed E-state index contributed by atoms with van der Waals surface area (Å²) in [6.45, 7) is 5.90. The molecule has 50 heavy (non-hydrogen) atoms. The van der Waals surface area contributed by atoms with Crippen LogP contribution in [0, 0.1) is 12.3 Å². The standard InChI is InChI=1S/C36H34N6O7S/c1-7-21-16-22(33(43)44)18-24(17-21)38-34-37-15-14-31(41-34)49-30-13-12-27(25-10-8-9-11-26(25)30)39-35(45)40-28-19-23(36(2,3)4)20-29(32(28)48-5)42-50(6,46)47/h1,8-20,42H,2-6H3,(H,43,44)(H,37,38,41)(H2,39,40,45). The van der Waals surface area contributed by atoms with E-state index in [2.05, 4.69) is 36.6 Å². The van der Waals surface area contributed by atoms with Gasteiger partial charge >= 0.3 is 12.0 Å². The van der Waals surface area contributed by atoms with Crippen molar-refractivity contribution in [1.29, 1.82) is 0 Å². The van der Waals surface area contributed by atoms with Crippen molar-refractivity contribution in [2.75, 3.05) is 34.0 Å². The number of hydrogen-bond donors (Lipinski definition) is 5. The molecule has 0 aliphatic carbocycles. The molecule has 0 saturated heterocycles. The number of carboxylic acid groups (broad SMARTS) is 1. The molecule has 0 radical (unpaired) electrons. The number of carbonyl (C=O) groups is 2. The van der Waals surface area contributed by atoms with Crippen LogP contribution < -0.4 is 30.1 Å². The van der Waals surface area contributed by atoms with Crippen molar-refractivity contribution in [3.63, 3.8) is 0 Å². The highest BCUT2D eigenvalue weighted by molar-refractivity contribution is 7.92. The number of amides is 2. The van der Waals surface area contributed by atoms with Gasteiger partial charge in [0.25, 0.3) is 0 Å². The van der Waals surface area contributed by atoms with Crippen LogP contribution >= 0.6 is 0 Å². The number of nitrogens with zero attached hydrogens (tertiary/aromatic N) is 2. The summed E-state index contributed by atoms with van der Waals surface area (Å²) in [5, 5.41) is 19.4. The van der Waals surface area contributed by atoms with Crippen LogP contribution in [0.3, 0.4) is 0 Å². The van der Waals surface area contributed by atoms with Gasteiger partial charge in [-0.2, -0.15) is 4.98 Å². The molecule has 0 bridgehead atoms. The summed E-state index contributed by atoms with van der Waals surface area (Å²) in [5.41, 5.74) is 2.09. The molecule has 256 valence electrons. The van der Waals surface area contributed by atoms with E-state index < -0.39 is 22.0 Å². The van der Waals surface area contributed by atoms with Crippen molar-refractivity contribution < 1.29 is 32.6 Å². The normalized spacial score (nSPS) is 11.3. The molecule has 5 rings (SSSR count). The van der Waals surface area contributed by atoms with Crippen LogP contribution in [0.1, 0.15) is 42.3 Å². The number of aromatic carboxylic acids is 1. The molecule has 0 spiro atoms. The minimum Gasteiger partial charge on any atom is -0.492 e. The molecule has 5 N–H and O–H groups in total. The first-order valence-corrected chi connectivity index (χ1v) is 17.0. The number of sulfonamides is 1. The number of benzene rings is 4. The minimum absolute atomic E-state index is 0.00970. The Kier molecular flexibility index (Phi) is 9.82. The van der Waals surface area contributed by atoms with E-state index in [1.54, 1.807) is 36.4 Å². The third-order valence-electron chi connectivity index (χ3n) is 7.28. The van der Waals surface area contributed by atoms with E-state index in [1.165, 1.54) is 25.4 Å². The highest BCUT2D eigenvalue weighted by atomic mass is 32.2. The van der Waals surface area contributed by atoms with Crippen LogP contribution in [0.2, 0.25) is 0 Å². The summed E-state index contributed by atoms with van der Waals surface area (Å²) in [5.74, 6) is 2.24. The molecule has 0 aliphatic rings. The first-order valence-electron chi connectivity index (χ1n) is 15.1. The summed E-state index contributed by atoms with van der Waals surface area (Å²) in [7, 11) is -2.26. The monoisotopic (exact) mass is 694 g/mol. The van der Waals surface area contributed by atoms with Gasteiger partial charge in [-0.25, -0.2) is 23.0 Å². The topological polar surface area (TPSA) is 181 Å². The second kappa shape index (κ2) is 14.0. The third-order valence-corrected chi connectivity index (χ3v) is 7.87. The van der Waals surface area contributed by atoms with Gasteiger partial charge in [0.15, 0.2) is 5.75 Å². The van der Waals surface area contributed by atoms with E-state index in [-0.39, 0.29) is 39.9 Å². The predicted molar refractivity (Wildman–Crippen MR) is 193 cm³/mol. The van der Waals surface area contributed by atoms with Gasteiger partial charge in [-0.05, 0) is 53.4 Å². The molecule has 0 fully saturated rings. The minimum atomic E-state index is -3.65. The summed E-state index contributed by atoms with van der Waals surface area (Å²) in [6.07, 6.45) is 8.01. The second-order valence-electron chi connectivity index (χ2n) is 12.2. The van der Waals surface area contributed by atoms with Crippen molar-refractivity contribution in [3.05, 3.63) is 95.7 Å². The summed E-state index contributed by atoms with van der Waals surface area (Å²) >= 11 is 0. The molecule has 13 nitrogen and oxygen atoms in total. The SMILES string of the molecule is C#Cc1cc(Nc2nccc(Oc3ccc(NC(=O)Nc4cc(C(C)(C)C)cc(NS(C)(=O)=O)c4OC)c4ccccc34)n2)cc(C(=O)O)c1. The van der Waals surface area contributed by atoms with Gasteiger partial charge < -0.3 is 30.5 Å². The van der Waals surface area contributed by atoms with Crippen molar-refractivity contribution in [2.24, 2.45) is 0 Å². The maximum Gasteiger partial charge on any atom is 0.335 e. The number of carboxylic acids is 1. The number of rotatable bonds is 10. The number of methoxy groups -OCH3 is 1. The smallest absolute Gasteiger partial charge is 0.335 e. The number of aromatic nitrogens is 2. The molecule has 2 amide bonds. The van der Waals surface area contributed by atoms with Gasteiger partial charge in [-0.15, -0.1) is 6.42 Å². The Bertz CT molecular complexity index is 2280. The lowest BCUT2D eigenvalue weighted by Gasteiger charge is -2.24. The molecule has 4 aromatic carbocycles. The average Bonchev–Trinajstić information content (AvgIpc) is 3.04. The number of nitrogens with one attached hydrogen (secondary N) is 4. The average molecular weight is 695 g/mol. The molecule has 0 atom stereocenters. The van der Waals surface area contributed by atoms with Crippen LogP contribution in [0.15, 0.2) is 79.0 Å². The fourth-order valence-corrected chi connectivity index (χ4v) is 5.55. The number of fused-ring (bicyclic) bond motifs is 1. The van der Waals surface area contributed by atoms with Crippen LogP contribution in [0.5, 0.6) is 17.4 Å². The molecule has 0 unspecified atom stereocenters. The molecule has 1 aromatic heterocycles. The quantitative estimate of drug-likeness (QED) is 0.0941. The summed E-state index contributed by atoms with van der Waals surface area (Å²) in [4.78, 5) is 33.5. The zero-order valence-electron chi connectivity index (χ0n) is 27.8. The van der Waals surface area contributed by atoms with E-state index in [0.717, 1.165) is 11.8 Å².